The number of rotatable bonds is 3. The molecule has 0 spiro atoms. The highest BCUT2D eigenvalue weighted by Gasteiger charge is 2.36. The Morgan fingerprint density at radius 3 is 2.32 bits per heavy atom. The second-order valence-corrected chi connectivity index (χ2v) is 5.65. The number of allylic oxidation sites excluding steroid dienone is 2. The van der Waals surface area contributed by atoms with Gasteiger partial charge in [-0.2, -0.15) is 0 Å². The minimum atomic E-state index is -0.944. The van der Waals surface area contributed by atoms with E-state index in [1.54, 1.807) is 6.92 Å². The Hall–Kier alpha value is -1.44. The van der Waals surface area contributed by atoms with E-state index < -0.39 is 6.17 Å². The van der Waals surface area contributed by atoms with Crippen molar-refractivity contribution >= 4 is 5.78 Å². The highest BCUT2D eigenvalue weighted by Crippen LogP contribution is 2.38. The zero-order chi connectivity index (χ0) is 14.0. The van der Waals surface area contributed by atoms with Crippen molar-refractivity contribution in [3.63, 3.8) is 0 Å². The molecule has 2 rings (SSSR count). The Balaban J connectivity index is 2.29. The zero-order valence-electron chi connectivity index (χ0n) is 11.8. The van der Waals surface area contributed by atoms with Gasteiger partial charge < -0.3 is 0 Å². The molecule has 19 heavy (non-hydrogen) atoms. The molecule has 0 heterocycles. The minimum absolute atomic E-state index is 0.0851. The Labute approximate surface area is 114 Å². The zero-order valence-corrected chi connectivity index (χ0v) is 11.8. The van der Waals surface area contributed by atoms with Crippen LogP contribution in [0.3, 0.4) is 0 Å². The highest BCUT2D eigenvalue weighted by molar-refractivity contribution is 5.98. The summed E-state index contributed by atoms with van der Waals surface area (Å²) in [6, 6.07) is 9.25. The lowest BCUT2D eigenvalue weighted by Crippen LogP contribution is -2.33. The van der Waals surface area contributed by atoms with Gasteiger partial charge in [-0.25, -0.2) is 4.39 Å². The van der Waals surface area contributed by atoms with E-state index in [4.69, 9.17) is 0 Å². The van der Waals surface area contributed by atoms with Crippen molar-refractivity contribution in [3.8, 4) is 0 Å². The third kappa shape index (κ3) is 2.94. The molecule has 0 aromatic heterocycles. The van der Waals surface area contributed by atoms with Crippen molar-refractivity contribution in [1.82, 2.24) is 0 Å². The highest BCUT2D eigenvalue weighted by atomic mass is 19.1. The minimum Gasteiger partial charge on any atom is -0.294 e. The van der Waals surface area contributed by atoms with E-state index in [0.717, 1.165) is 0 Å². The molecule has 1 aromatic rings. The second kappa shape index (κ2) is 5.68. The molecule has 0 amide bonds. The van der Waals surface area contributed by atoms with Gasteiger partial charge in [-0.1, -0.05) is 41.5 Å². The quantitative estimate of drug-likeness (QED) is 0.574. The SMILES string of the molecule is CC1=C(C)C[C@H](C(=O)c2ccccc2)[C@@H]([C@@H](C)F)C1. The second-order valence-electron chi connectivity index (χ2n) is 5.65. The first-order valence-corrected chi connectivity index (χ1v) is 6.89. The van der Waals surface area contributed by atoms with Crippen molar-refractivity contribution < 1.29 is 9.18 Å². The first-order valence-electron chi connectivity index (χ1n) is 6.89. The van der Waals surface area contributed by atoms with Crippen LogP contribution in [0.4, 0.5) is 4.39 Å². The van der Waals surface area contributed by atoms with Crippen LogP contribution in [0.15, 0.2) is 41.5 Å². The predicted molar refractivity (Wildman–Crippen MR) is 75.9 cm³/mol. The largest absolute Gasteiger partial charge is 0.294 e. The summed E-state index contributed by atoms with van der Waals surface area (Å²) in [5.74, 6) is -0.315. The van der Waals surface area contributed by atoms with Gasteiger partial charge in [0.15, 0.2) is 5.78 Å². The fraction of sp³-hybridized carbons (Fsp3) is 0.471. The predicted octanol–water partition coefficient (Wildman–Crippen LogP) is 4.59. The molecule has 0 saturated carbocycles. The van der Waals surface area contributed by atoms with E-state index in [1.165, 1.54) is 11.1 Å². The topological polar surface area (TPSA) is 17.1 Å². The Kier molecular flexibility index (Phi) is 4.18. The first kappa shape index (κ1) is 14.0. The maximum absolute atomic E-state index is 13.8. The number of carbonyl (C=O) groups is 1. The van der Waals surface area contributed by atoms with Crippen LogP contribution in [0.25, 0.3) is 0 Å². The van der Waals surface area contributed by atoms with E-state index in [2.05, 4.69) is 6.92 Å². The summed E-state index contributed by atoms with van der Waals surface area (Å²) in [7, 11) is 0. The molecule has 1 aliphatic carbocycles. The van der Waals surface area contributed by atoms with Gasteiger partial charge in [0.2, 0.25) is 0 Å². The molecule has 3 atom stereocenters. The summed E-state index contributed by atoms with van der Waals surface area (Å²) in [5, 5.41) is 0. The fourth-order valence-electron chi connectivity index (χ4n) is 2.91. The maximum atomic E-state index is 13.8. The van der Waals surface area contributed by atoms with E-state index in [9.17, 15) is 9.18 Å². The number of alkyl halides is 1. The van der Waals surface area contributed by atoms with Crippen LogP contribution in [0, 0.1) is 11.8 Å². The summed E-state index contributed by atoms with van der Waals surface area (Å²) < 4.78 is 13.8. The van der Waals surface area contributed by atoms with E-state index in [0.29, 0.717) is 18.4 Å². The number of halogens is 1. The van der Waals surface area contributed by atoms with Crippen LogP contribution in [0.1, 0.15) is 44.0 Å². The number of hydrogen-bond donors (Lipinski definition) is 0. The number of carbonyl (C=O) groups excluding carboxylic acids is 1. The first-order chi connectivity index (χ1) is 9.00. The van der Waals surface area contributed by atoms with Crippen LogP contribution in [0.5, 0.6) is 0 Å². The van der Waals surface area contributed by atoms with Crippen molar-refractivity contribution in [2.45, 2.75) is 39.8 Å². The van der Waals surface area contributed by atoms with Crippen LogP contribution in [-0.4, -0.2) is 12.0 Å². The molecule has 0 fully saturated rings. The van der Waals surface area contributed by atoms with Gasteiger partial charge in [0.25, 0.3) is 0 Å². The average Bonchev–Trinajstić information content (AvgIpc) is 2.41. The molecule has 0 radical (unpaired) electrons. The van der Waals surface area contributed by atoms with Crippen molar-refractivity contribution in [2.75, 3.05) is 0 Å². The molecule has 0 saturated heterocycles. The van der Waals surface area contributed by atoms with Gasteiger partial charge in [-0.3, -0.25) is 4.79 Å². The summed E-state index contributed by atoms with van der Waals surface area (Å²) in [6.45, 7) is 5.68. The van der Waals surface area contributed by atoms with Crippen molar-refractivity contribution in [2.24, 2.45) is 11.8 Å². The van der Waals surface area contributed by atoms with E-state index in [-0.39, 0.29) is 17.6 Å². The number of ketones is 1. The third-order valence-electron chi connectivity index (χ3n) is 4.30. The molecule has 0 bridgehead atoms. The van der Waals surface area contributed by atoms with Gasteiger partial charge in [0.1, 0.15) is 6.17 Å². The summed E-state index contributed by atoms with van der Waals surface area (Å²) in [6.07, 6.45) is 0.450. The van der Waals surface area contributed by atoms with Gasteiger partial charge in [-0.15, -0.1) is 0 Å². The molecule has 1 aromatic carbocycles. The lowest BCUT2D eigenvalue weighted by atomic mass is 9.71. The summed E-state index contributed by atoms with van der Waals surface area (Å²) >= 11 is 0. The lowest BCUT2D eigenvalue weighted by molar-refractivity contribution is 0.0788. The van der Waals surface area contributed by atoms with Crippen LogP contribution < -0.4 is 0 Å². The van der Waals surface area contributed by atoms with Gasteiger partial charge in [-0.05, 0) is 33.6 Å². The van der Waals surface area contributed by atoms with Gasteiger partial charge in [0.05, 0.1) is 0 Å². The van der Waals surface area contributed by atoms with Crippen LogP contribution >= 0.6 is 0 Å². The number of Topliss-reactive ketones (excluding diaryl/α,β-unsaturated/α-hetero) is 1. The van der Waals surface area contributed by atoms with E-state index in [1.807, 2.05) is 37.3 Å². The molecule has 0 aliphatic heterocycles. The number of benzene rings is 1. The standard InChI is InChI=1S/C17H21FO/c1-11-9-15(13(3)18)16(10-12(11)2)17(19)14-7-5-4-6-8-14/h4-8,13,15-16H,9-10H2,1-3H3/t13-,15-,16+/m1/s1. The molecule has 0 unspecified atom stereocenters. The Morgan fingerprint density at radius 1 is 1.16 bits per heavy atom. The molecular weight excluding hydrogens is 239 g/mol. The van der Waals surface area contributed by atoms with Crippen molar-refractivity contribution in [1.29, 1.82) is 0 Å². The normalized spacial score (nSPS) is 25.3. The molecule has 0 N–H and O–H groups in total. The third-order valence-corrected chi connectivity index (χ3v) is 4.30. The summed E-state index contributed by atoms with van der Waals surface area (Å²) in [5.41, 5.74) is 3.18. The molecule has 102 valence electrons. The molecule has 1 aliphatic rings. The smallest absolute Gasteiger partial charge is 0.166 e. The van der Waals surface area contributed by atoms with Gasteiger partial charge >= 0.3 is 0 Å². The van der Waals surface area contributed by atoms with Crippen LogP contribution in [0.2, 0.25) is 0 Å². The lowest BCUT2D eigenvalue weighted by Gasteiger charge is -2.33. The number of hydrogen-bond acceptors (Lipinski definition) is 1. The Bertz CT molecular complexity index is 487. The Morgan fingerprint density at radius 2 is 1.74 bits per heavy atom. The average molecular weight is 260 g/mol. The van der Waals surface area contributed by atoms with E-state index >= 15 is 0 Å². The molecule has 1 nitrogen and oxygen atoms in total. The monoisotopic (exact) mass is 260 g/mol. The molecular formula is C17H21FO. The van der Waals surface area contributed by atoms with Gasteiger partial charge in [0, 0.05) is 17.4 Å². The summed E-state index contributed by atoms with van der Waals surface area (Å²) in [4.78, 5) is 12.6. The van der Waals surface area contributed by atoms with Crippen LogP contribution in [-0.2, 0) is 0 Å². The molecule has 2 heteroatoms. The fourth-order valence-corrected chi connectivity index (χ4v) is 2.91. The maximum Gasteiger partial charge on any atom is 0.166 e. The van der Waals surface area contributed by atoms with Crippen molar-refractivity contribution in [3.05, 3.63) is 47.0 Å².